The van der Waals surface area contributed by atoms with Crippen LogP contribution < -0.4 is 9.62 Å². The van der Waals surface area contributed by atoms with Crippen LogP contribution in [0.1, 0.15) is 26.3 Å². The normalized spacial score (nSPS) is 12.2. The van der Waals surface area contributed by atoms with Crippen molar-refractivity contribution in [2.75, 3.05) is 23.9 Å². The summed E-state index contributed by atoms with van der Waals surface area (Å²) >= 11 is 5.98. The zero-order valence-corrected chi connectivity index (χ0v) is 23.8. The molecule has 0 aliphatic rings. The molecule has 3 rings (SSSR count). The zero-order valence-electron chi connectivity index (χ0n) is 22.2. The van der Waals surface area contributed by atoms with Crippen molar-refractivity contribution in [3.8, 4) is 0 Å². The Bertz CT molecular complexity index is 1370. The molecule has 0 aliphatic heterocycles. The second-order valence-corrected chi connectivity index (χ2v) is 11.8. The first kappa shape index (κ1) is 30.1. The molecule has 0 fully saturated rings. The number of nitrogens with one attached hydrogen (secondary N) is 1. The van der Waals surface area contributed by atoms with Gasteiger partial charge in [-0.05, 0) is 55.2 Å². The van der Waals surface area contributed by atoms with Crippen molar-refractivity contribution >= 4 is 39.1 Å². The first-order chi connectivity index (χ1) is 18.5. The number of halogens is 2. The third-order valence-corrected chi connectivity index (χ3v) is 8.22. The largest absolute Gasteiger partial charge is 0.354 e. The molecule has 0 saturated carbocycles. The van der Waals surface area contributed by atoms with Crippen molar-refractivity contribution in [3.05, 3.63) is 95.3 Å². The van der Waals surface area contributed by atoms with Gasteiger partial charge in [0.15, 0.2) is 0 Å². The summed E-state index contributed by atoms with van der Waals surface area (Å²) in [6.45, 7) is 5.54. The van der Waals surface area contributed by atoms with Crippen LogP contribution in [0, 0.1) is 11.7 Å². The fourth-order valence-corrected chi connectivity index (χ4v) is 5.51. The van der Waals surface area contributed by atoms with E-state index in [1.165, 1.54) is 23.1 Å². The Morgan fingerprint density at radius 3 is 2.15 bits per heavy atom. The fraction of sp³-hybridized carbons (Fsp3) is 0.310. The van der Waals surface area contributed by atoms with Crippen molar-refractivity contribution in [3.63, 3.8) is 0 Å². The Balaban J connectivity index is 1.97. The molecule has 0 spiro atoms. The molecule has 10 heteroatoms. The number of nitrogens with zero attached hydrogens (tertiary/aromatic N) is 2. The molecular formula is C29H33ClFN3O4S. The highest BCUT2D eigenvalue weighted by Crippen LogP contribution is 2.28. The van der Waals surface area contributed by atoms with Gasteiger partial charge in [-0.1, -0.05) is 74.0 Å². The van der Waals surface area contributed by atoms with Gasteiger partial charge in [-0.15, -0.1) is 0 Å². The van der Waals surface area contributed by atoms with E-state index in [4.69, 9.17) is 11.6 Å². The van der Waals surface area contributed by atoms with Gasteiger partial charge in [0.05, 0.1) is 15.6 Å². The highest BCUT2D eigenvalue weighted by atomic mass is 35.5. The summed E-state index contributed by atoms with van der Waals surface area (Å²) in [6, 6.07) is 19.7. The summed E-state index contributed by atoms with van der Waals surface area (Å²) in [5.41, 5.74) is 0.989. The molecule has 0 saturated heterocycles. The average Bonchev–Trinajstić information content (AvgIpc) is 2.92. The van der Waals surface area contributed by atoms with Crippen LogP contribution in [-0.4, -0.2) is 50.8 Å². The van der Waals surface area contributed by atoms with Gasteiger partial charge < -0.3 is 10.2 Å². The van der Waals surface area contributed by atoms with Gasteiger partial charge in [0, 0.05) is 13.1 Å². The van der Waals surface area contributed by atoms with E-state index in [0.29, 0.717) is 13.0 Å². The maximum absolute atomic E-state index is 13.9. The van der Waals surface area contributed by atoms with Crippen LogP contribution >= 0.6 is 11.6 Å². The topological polar surface area (TPSA) is 86.8 Å². The van der Waals surface area contributed by atoms with Gasteiger partial charge in [-0.2, -0.15) is 0 Å². The Morgan fingerprint density at radius 1 is 0.949 bits per heavy atom. The molecule has 3 aromatic rings. The Labute approximate surface area is 234 Å². The van der Waals surface area contributed by atoms with E-state index in [1.54, 1.807) is 25.1 Å². The molecule has 0 aromatic heterocycles. The minimum Gasteiger partial charge on any atom is -0.354 e. The van der Waals surface area contributed by atoms with Crippen LogP contribution in [0.5, 0.6) is 0 Å². The molecule has 7 nitrogen and oxygen atoms in total. The number of hydrogen-bond acceptors (Lipinski definition) is 4. The smallest absolute Gasteiger partial charge is 0.264 e. The number of carbonyl (C=O) groups excluding carboxylic acids is 2. The lowest BCUT2D eigenvalue weighted by Gasteiger charge is -2.32. The molecule has 0 aliphatic carbocycles. The van der Waals surface area contributed by atoms with E-state index in [1.807, 2.05) is 44.2 Å². The van der Waals surface area contributed by atoms with Gasteiger partial charge in [0.2, 0.25) is 11.8 Å². The number of anilines is 1. The second-order valence-electron chi connectivity index (χ2n) is 9.56. The van der Waals surface area contributed by atoms with E-state index >= 15 is 0 Å². The van der Waals surface area contributed by atoms with Crippen molar-refractivity contribution in [2.45, 2.75) is 38.1 Å². The SMILES string of the molecule is CC(C)CNC(=O)C(C)N(CCc1ccccc1)C(=O)CN(c1ccc(F)c(Cl)c1)S(=O)(=O)c1ccccc1. The van der Waals surface area contributed by atoms with Crippen LogP contribution in [0.15, 0.2) is 83.8 Å². The predicted octanol–water partition coefficient (Wildman–Crippen LogP) is 4.91. The minimum absolute atomic E-state index is 0.0264. The van der Waals surface area contributed by atoms with Gasteiger partial charge in [0.1, 0.15) is 18.4 Å². The second kappa shape index (κ2) is 13.6. The third-order valence-electron chi connectivity index (χ3n) is 6.14. The van der Waals surface area contributed by atoms with Crippen LogP contribution in [-0.2, 0) is 26.0 Å². The quantitative estimate of drug-likeness (QED) is 0.334. The van der Waals surface area contributed by atoms with E-state index in [2.05, 4.69) is 5.32 Å². The van der Waals surface area contributed by atoms with Crippen LogP contribution in [0.2, 0.25) is 5.02 Å². The summed E-state index contributed by atoms with van der Waals surface area (Å²) in [5, 5.41) is 2.56. The lowest BCUT2D eigenvalue weighted by Crippen LogP contribution is -2.52. The lowest BCUT2D eigenvalue weighted by atomic mass is 10.1. The molecule has 1 atom stereocenters. The van der Waals surface area contributed by atoms with Gasteiger partial charge in [-0.25, -0.2) is 12.8 Å². The highest BCUT2D eigenvalue weighted by Gasteiger charge is 2.32. The van der Waals surface area contributed by atoms with E-state index < -0.39 is 34.3 Å². The summed E-state index contributed by atoms with van der Waals surface area (Å²) in [6.07, 6.45) is 0.461. The predicted molar refractivity (Wildman–Crippen MR) is 152 cm³/mol. The Kier molecular flexibility index (Phi) is 10.5. The van der Waals surface area contributed by atoms with Crippen molar-refractivity contribution in [1.82, 2.24) is 10.2 Å². The third kappa shape index (κ3) is 8.03. The first-order valence-corrected chi connectivity index (χ1v) is 14.5. The molecule has 0 radical (unpaired) electrons. The Morgan fingerprint density at radius 2 is 1.56 bits per heavy atom. The number of rotatable bonds is 12. The number of amides is 2. The summed E-state index contributed by atoms with van der Waals surface area (Å²) in [4.78, 5) is 28.1. The van der Waals surface area contributed by atoms with Crippen molar-refractivity contribution in [2.24, 2.45) is 5.92 Å². The molecule has 208 valence electrons. The summed E-state index contributed by atoms with van der Waals surface area (Å²) in [7, 11) is -4.24. The summed E-state index contributed by atoms with van der Waals surface area (Å²) in [5.74, 6) is -1.43. The molecule has 0 bridgehead atoms. The van der Waals surface area contributed by atoms with Crippen molar-refractivity contribution < 1.29 is 22.4 Å². The molecule has 39 heavy (non-hydrogen) atoms. The molecule has 1 unspecified atom stereocenters. The lowest BCUT2D eigenvalue weighted by molar-refractivity contribution is -0.138. The molecule has 1 N–H and O–H groups in total. The maximum Gasteiger partial charge on any atom is 0.264 e. The fourth-order valence-electron chi connectivity index (χ4n) is 3.91. The number of carbonyl (C=O) groups is 2. The number of benzene rings is 3. The minimum atomic E-state index is -4.24. The van der Waals surface area contributed by atoms with Crippen molar-refractivity contribution in [1.29, 1.82) is 0 Å². The molecule has 2 amide bonds. The summed E-state index contributed by atoms with van der Waals surface area (Å²) < 4.78 is 42.2. The number of hydrogen-bond donors (Lipinski definition) is 1. The highest BCUT2D eigenvalue weighted by molar-refractivity contribution is 7.92. The first-order valence-electron chi connectivity index (χ1n) is 12.6. The monoisotopic (exact) mass is 573 g/mol. The molecular weight excluding hydrogens is 541 g/mol. The van der Waals surface area contributed by atoms with E-state index in [0.717, 1.165) is 22.0 Å². The van der Waals surface area contributed by atoms with Crippen LogP contribution in [0.25, 0.3) is 0 Å². The zero-order chi connectivity index (χ0) is 28.6. The number of sulfonamides is 1. The standard InChI is InChI=1S/C29H33ClFN3O4S/c1-21(2)19-32-29(36)22(3)33(17-16-23-10-6-4-7-11-23)28(35)20-34(24-14-15-27(31)26(30)18-24)39(37,38)25-12-8-5-9-13-25/h4-15,18,21-22H,16-17,19-20H2,1-3H3,(H,32,36). The molecule has 3 aromatic carbocycles. The van der Waals surface area contributed by atoms with E-state index in [-0.39, 0.29) is 34.0 Å². The van der Waals surface area contributed by atoms with E-state index in [9.17, 15) is 22.4 Å². The van der Waals surface area contributed by atoms with Crippen LogP contribution in [0.4, 0.5) is 10.1 Å². The van der Waals surface area contributed by atoms with Crippen LogP contribution in [0.3, 0.4) is 0 Å². The van der Waals surface area contributed by atoms with Gasteiger partial charge >= 0.3 is 0 Å². The maximum atomic E-state index is 13.9. The Hall–Kier alpha value is -3.43. The molecule has 0 heterocycles. The average molecular weight is 574 g/mol. The van der Waals surface area contributed by atoms with Gasteiger partial charge in [-0.3, -0.25) is 13.9 Å². The van der Waals surface area contributed by atoms with Gasteiger partial charge in [0.25, 0.3) is 10.0 Å².